The van der Waals surface area contributed by atoms with E-state index in [2.05, 4.69) is 36.0 Å². The molecule has 0 radical (unpaired) electrons. The van der Waals surface area contributed by atoms with Gasteiger partial charge in [0.1, 0.15) is 0 Å². The van der Waals surface area contributed by atoms with Crippen molar-refractivity contribution in [3.8, 4) is 0 Å². The molecule has 94 valence electrons. The van der Waals surface area contributed by atoms with E-state index in [4.69, 9.17) is 0 Å². The van der Waals surface area contributed by atoms with Crippen LogP contribution in [0.4, 0.5) is 0 Å². The van der Waals surface area contributed by atoms with Crippen molar-refractivity contribution >= 4 is 0 Å². The topological polar surface area (TPSA) is 18.5 Å². The SMILES string of the molecule is CC1CC(NCCN2CCCC2C)CN1C. The summed E-state index contributed by atoms with van der Waals surface area (Å²) >= 11 is 0. The Morgan fingerprint density at radius 1 is 1.25 bits per heavy atom. The molecule has 3 heteroatoms. The van der Waals surface area contributed by atoms with Crippen LogP contribution in [0.25, 0.3) is 0 Å². The van der Waals surface area contributed by atoms with Gasteiger partial charge in [0.05, 0.1) is 0 Å². The molecule has 0 aliphatic carbocycles. The molecule has 3 nitrogen and oxygen atoms in total. The Morgan fingerprint density at radius 2 is 2.06 bits per heavy atom. The molecule has 2 saturated heterocycles. The molecule has 2 heterocycles. The van der Waals surface area contributed by atoms with Crippen LogP contribution < -0.4 is 5.32 Å². The quantitative estimate of drug-likeness (QED) is 0.774. The zero-order valence-electron chi connectivity index (χ0n) is 11.1. The molecule has 2 aliphatic heterocycles. The number of nitrogens with one attached hydrogen (secondary N) is 1. The van der Waals surface area contributed by atoms with Crippen LogP contribution in [-0.2, 0) is 0 Å². The first kappa shape index (κ1) is 12.3. The van der Waals surface area contributed by atoms with Gasteiger partial charge in [0.25, 0.3) is 0 Å². The highest BCUT2D eigenvalue weighted by Crippen LogP contribution is 2.16. The molecule has 1 N–H and O–H groups in total. The number of rotatable bonds is 4. The first-order valence-corrected chi connectivity index (χ1v) is 6.84. The first-order valence-electron chi connectivity index (χ1n) is 6.84. The summed E-state index contributed by atoms with van der Waals surface area (Å²) in [5.74, 6) is 0. The highest BCUT2D eigenvalue weighted by molar-refractivity contribution is 4.85. The molecule has 0 amide bonds. The van der Waals surface area contributed by atoms with Crippen LogP contribution in [0.3, 0.4) is 0 Å². The van der Waals surface area contributed by atoms with E-state index in [0.717, 1.165) is 24.7 Å². The Labute approximate surface area is 100 Å². The van der Waals surface area contributed by atoms with Gasteiger partial charge in [-0.15, -0.1) is 0 Å². The molecule has 2 aliphatic rings. The monoisotopic (exact) mass is 225 g/mol. The van der Waals surface area contributed by atoms with E-state index in [9.17, 15) is 0 Å². The summed E-state index contributed by atoms with van der Waals surface area (Å²) in [6.07, 6.45) is 4.10. The van der Waals surface area contributed by atoms with Gasteiger partial charge in [-0.05, 0) is 46.7 Å². The van der Waals surface area contributed by atoms with Crippen molar-refractivity contribution in [3.05, 3.63) is 0 Å². The molecule has 0 aromatic rings. The number of likely N-dealkylation sites (N-methyl/N-ethyl adjacent to an activating group) is 1. The van der Waals surface area contributed by atoms with Crippen molar-refractivity contribution in [2.24, 2.45) is 0 Å². The Balaban J connectivity index is 1.61. The highest BCUT2D eigenvalue weighted by Gasteiger charge is 2.26. The second-order valence-corrected chi connectivity index (χ2v) is 5.70. The normalized spacial score (nSPS) is 37.3. The molecule has 2 rings (SSSR count). The predicted molar refractivity (Wildman–Crippen MR) is 68.8 cm³/mol. The number of hydrogen-bond donors (Lipinski definition) is 1. The van der Waals surface area contributed by atoms with Crippen LogP contribution in [0.15, 0.2) is 0 Å². The second kappa shape index (κ2) is 5.48. The van der Waals surface area contributed by atoms with Gasteiger partial charge in [-0.1, -0.05) is 0 Å². The van der Waals surface area contributed by atoms with Gasteiger partial charge in [-0.2, -0.15) is 0 Å². The molecule has 0 aromatic heterocycles. The molecule has 0 saturated carbocycles. The van der Waals surface area contributed by atoms with Gasteiger partial charge < -0.3 is 10.2 Å². The third-order valence-corrected chi connectivity index (χ3v) is 4.41. The third-order valence-electron chi connectivity index (χ3n) is 4.41. The average Bonchev–Trinajstić information content (AvgIpc) is 2.76. The van der Waals surface area contributed by atoms with Crippen molar-refractivity contribution in [3.63, 3.8) is 0 Å². The molecular formula is C13H27N3. The minimum Gasteiger partial charge on any atom is -0.311 e. The van der Waals surface area contributed by atoms with Crippen molar-refractivity contribution in [1.82, 2.24) is 15.1 Å². The Bertz CT molecular complexity index is 209. The lowest BCUT2D eigenvalue weighted by molar-refractivity contribution is 0.263. The first-order chi connectivity index (χ1) is 7.66. The van der Waals surface area contributed by atoms with Gasteiger partial charge >= 0.3 is 0 Å². The molecule has 3 unspecified atom stereocenters. The molecule has 16 heavy (non-hydrogen) atoms. The Hall–Kier alpha value is -0.120. The van der Waals surface area contributed by atoms with E-state index in [0.29, 0.717) is 0 Å². The number of nitrogens with zero attached hydrogens (tertiary/aromatic N) is 2. The minimum absolute atomic E-state index is 0.720. The molecule has 0 spiro atoms. The number of hydrogen-bond acceptors (Lipinski definition) is 3. The standard InChI is InChI=1S/C13H27N3/c1-11-5-4-7-16(11)8-6-14-13-9-12(2)15(3)10-13/h11-14H,4-10H2,1-3H3. The summed E-state index contributed by atoms with van der Waals surface area (Å²) in [6, 6.07) is 2.29. The van der Waals surface area contributed by atoms with Gasteiger partial charge in [0.2, 0.25) is 0 Å². The summed E-state index contributed by atoms with van der Waals surface area (Å²) < 4.78 is 0. The van der Waals surface area contributed by atoms with Gasteiger partial charge in [-0.25, -0.2) is 0 Å². The predicted octanol–water partition coefficient (Wildman–Crippen LogP) is 1.15. The van der Waals surface area contributed by atoms with Crippen LogP contribution in [0.5, 0.6) is 0 Å². The lowest BCUT2D eigenvalue weighted by Crippen LogP contribution is -2.39. The van der Waals surface area contributed by atoms with Gasteiger partial charge in [-0.3, -0.25) is 4.90 Å². The fourth-order valence-corrected chi connectivity index (χ4v) is 3.08. The molecule has 0 bridgehead atoms. The van der Waals surface area contributed by atoms with Crippen molar-refractivity contribution in [2.45, 2.75) is 51.2 Å². The molecular weight excluding hydrogens is 198 g/mol. The maximum atomic E-state index is 3.71. The van der Waals surface area contributed by atoms with E-state index in [1.165, 1.54) is 38.9 Å². The van der Waals surface area contributed by atoms with Gasteiger partial charge in [0, 0.05) is 37.8 Å². The van der Waals surface area contributed by atoms with E-state index in [1.54, 1.807) is 0 Å². The lowest BCUT2D eigenvalue weighted by Gasteiger charge is -2.22. The highest BCUT2D eigenvalue weighted by atomic mass is 15.2. The van der Waals surface area contributed by atoms with Crippen LogP contribution in [-0.4, -0.2) is 61.2 Å². The Kier molecular flexibility index (Phi) is 4.22. The second-order valence-electron chi connectivity index (χ2n) is 5.70. The van der Waals surface area contributed by atoms with E-state index in [-0.39, 0.29) is 0 Å². The van der Waals surface area contributed by atoms with Crippen LogP contribution in [0, 0.1) is 0 Å². The van der Waals surface area contributed by atoms with Crippen LogP contribution in [0.1, 0.15) is 33.1 Å². The van der Waals surface area contributed by atoms with Crippen LogP contribution in [0.2, 0.25) is 0 Å². The number of likely N-dealkylation sites (tertiary alicyclic amines) is 2. The Morgan fingerprint density at radius 3 is 2.62 bits per heavy atom. The fraction of sp³-hybridized carbons (Fsp3) is 1.00. The van der Waals surface area contributed by atoms with Crippen molar-refractivity contribution in [1.29, 1.82) is 0 Å². The van der Waals surface area contributed by atoms with Crippen molar-refractivity contribution in [2.75, 3.05) is 33.2 Å². The van der Waals surface area contributed by atoms with E-state index < -0.39 is 0 Å². The largest absolute Gasteiger partial charge is 0.311 e. The lowest BCUT2D eigenvalue weighted by atomic mass is 10.2. The van der Waals surface area contributed by atoms with Crippen molar-refractivity contribution < 1.29 is 0 Å². The van der Waals surface area contributed by atoms with Gasteiger partial charge in [0.15, 0.2) is 0 Å². The smallest absolute Gasteiger partial charge is 0.0210 e. The zero-order chi connectivity index (χ0) is 11.5. The average molecular weight is 225 g/mol. The summed E-state index contributed by atoms with van der Waals surface area (Å²) in [6.45, 7) is 9.61. The van der Waals surface area contributed by atoms with Crippen LogP contribution >= 0.6 is 0 Å². The third kappa shape index (κ3) is 2.96. The summed E-state index contributed by atoms with van der Waals surface area (Å²) in [5, 5.41) is 3.71. The van der Waals surface area contributed by atoms with E-state index in [1.807, 2.05) is 0 Å². The molecule has 3 atom stereocenters. The molecule has 2 fully saturated rings. The fourth-order valence-electron chi connectivity index (χ4n) is 3.08. The van der Waals surface area contributed by atoms with E-state index >= 15 is 0 Å². The maximum Gasteiger partial charge on any atom is 0.0210 e. The molecule has 0 aromatic carbocycles. The summed E-state index contributed by atoms with van der Waals surface area (Å²) in [5.41, 5.74) is 0. The summed E-state index contributed by atoms with van der Waals surface area (Å²) in [7, 11) is 2.23. The summed E-state index contributed by atoms with van der Waals surface area (Å²) in [4.78, 5) is 5.07. The minimum atomic E-state index is 0.720. The zero-order valence-corrected chi connectivity index (χ0v) is 11.1. The maximum absolute atomic E-state index is 3.71.